The van der Waals surface area contributed by atoms with Gasteiger partial charge in [-0.05, 0) is 96.5 Å². The molecule has 28 heavy (non-hydrogen) atoms. The number of hydrogen-bond acceptors (Lipinski definition) is 4. The quantitative estimate of drug-likeness (QED) is 0.513. The molecule has 0 aromatic heterocycles. The monoisotopic (exact) mass is 382 g/mol. The molecule has 0 spiro atoms. The molecule has 0 radical (unpaired) electrons. The Balaban J connectivity index is 2.39. The van der Waals surface area contributed by atoms with Gasteiger partial charge in [0.15, 0.2) is 5.78 Å². The van der Waals surface area contributed by atoms with Gasteiger partial charge < -0.3 is 14.6 Å². The molecule has 4 heteroatoms. The normalized spacial score (nSPS) is 12.2. The van der Waals surface area contributed by atoms with Crippen molar-refractivity contribution in [3.63, 3.8) is 0 Å². The van der Waals surface area contributed by atoms with E-state index < -0.39 is 5.60 Å². The SMILES string of the molecule is Cc1cc(/C=C/C(=O)c2ccc(O)cc2)c(OC(C)(C)C)cc1OC(C)(C)C. The Morgan fingerprint density at radius 3 is 1.96 bits per heavy atom. The average Bonchev–Trinajstić information content (AvgIpc) is 2.54. The summed E-state index contributed by atoms with van der Waals surface area (Å²) in [5.74, 6) is 1.40. The van der Waals surface area contributed by atoms with E-state index in [-0.39, 0.29) is 17.1 Å². The molecule has 4 nitrogen and oxygen atoms in total. The van der Waals surface area contributed by atoms with Crippen LogP contribution >= 0.6 is 0 Å². The molecule has 2 aromatic rings. The Labute approximate surface area is 167 Å². The number of carbonyl (C=O) groups excluding carboxylic acids is 1. The van der Waals surface area contributed by atoms with E-state index in [1.807, 2.05) is 60.6 Å². The van der Waals surface area contributed by atoms with Crippen LogP contribution in [0.15, 0.2) is 42.5 Å². The molecule has 0 unspecified atom stereocenters. The van der Waals surface area contributed by atoms with Gasteiger partial charge in [-0.15, -0.1) is 0 Å². The maximum Gasteiger partial charge on any atom is 0.185 e. The van der Waals surface area contributed by atoms with E-state index >= 15 is 0 Å². The van der Waals surface area contributed by atoms with Crippen molar-refractivity contribution in [1.82, 2.24) is 0 Å². The number of phenolic OH excluding ortho intramolecular Hbond substituents is 1. The highest BCUT2D eigenvalue weighted by atomic mass is 16.5. The third-order valence-corrected chi connectivity index (χ3v) is 3.71. The minimum absolute atomic E-state index is 0.131. The standard InChI is InChI=1S/C24H30O4/c1-16-14-18(10-13-20(26)17-8-11-19(25)12-9-17)22(28-24(5,6)7)15-21(16)27-23(2,3)4/h8-15,25H,1-7H3/b13-10+. The van der Waals surface area contributed by atoms with Gasteiger partial charge in [0.1, 0.15) is 28.5 Å². The van der Waals surface area contributed by atoms with Crippen LogP contribution in [0, 0.1) is 6.92 Å². The van der Waals surface area contributed by atoms with E-state index in [0.717, 1.165) is 16.9 Å². The van der Waals surface area contributed by atoms with Crippen LogP contribution in [-0.4, -0.2) is 22.1 Å². The summed E-state index contributed by atoms with van der Waals surface area (Å²) in [7, 11) is 0. The zero-order valence-electron chi connectivity index (χ0n) is 17.8. The van der Waals surface area contributed by atoms with E-state index in [4.69, 9.17) is 9.47 Å². The van der Waals surface area contributed by atoms with Gasteiger partial charge in [0.2, 0.25) is 0 Å². The molecule has 0 aliphatic heterocycles. The van der Waals surface area contributed by atoms with Gasteiger partial charge in [-0.3, -0.25) is 4.79 Å². The van der Waals surface area contributed by atoms with Crippen molar-refractivity contribution >= 4 is 11.9 Å². The summed E-state index contributed by atoms with van der Waals surface area (Å²) in [6, 6.07) is 10.0. The van der Waals surface area contributed by atoms with Crippen LogP contribution in [0.3, 0.4) is 0 Å². The average molecular weight is 383 g/mol. The lowest BCUT2D eigenvalue weighted by Gasteiger charge is -2.26. The van der Waals surface area contributed by atoms with Gasteiger partial charge in [-0.1, -0.05) is 0 Å². The number of aromatic hydroxyl groups is 1. The third-order valence-electron chi connectivity index (χ3n) is 3.71. The molecular weight excluding hydrogens is 352 g/mol. The molecule has 0 fully saturated rings. The second-order valence-corrected chi connectivity index (χ2v) is 8.83. The van der Waals surface area contributed by atoms with E-state index in [1.165, 1.54) is 18.2 Å². The minimum atomic E-state index is -0.391. The lowest BCUT2D eigenvalue weighted by atomic mass is 10.0. The Hall–Kier alpha value is -2.75. The van der Waals surface area contributed by atoms with Crippen LogP contribution in [0.2, 0.25) is 0 Å². The summed E-state index contributed by atoms with van der Waals surface area (Å²) < 4.78 is 12.2. The first-order chi connectivity index (χ1) is 12.8. The molecule has 2 aromatic carbocycles. The van der Waals surface area contributed by atoms with E-state index in [2.05, 4.69) is 0 Å². The zero-order valence-corrected chi connectivity index (χ0v) is 17.8. The number of hydrogen-bond donors (Lipinski definition) is 1. The number of benzene rings is 2. The van der Waals surface area contributed by atoms with Gasteiger partial charge in [-0.25, -0.2) is 0 Å². The molecule has 0 aliphatic carbocycles. The van der Waals surface area contributed by atoms with Crippen LogP contribution in [0.5, 0.6) is 17.2 Å². The highest BCUT2D eigenvalue weighted by Gasteiger charge is 2.19. The lowest BCUT2D eigenvalue weighted by molar-refractivity contribution is 0.104. The van der Waals surface area contributed by atoms with E-state index in [9.17, 15) is 9.90 Å². The number of carbonyl (C=O) groups is 1. The minimum Gasteiger partial charge on any atom is -0.508 e. The summed E-state index contributed by atoms with van der Waals surface area (Å²) in [5.41, 5.74) is 1.57. The van der Waals surface area contributed by atoms with Gasteiger partial charge in [0.25, 0.3) is 0 Å². The Bertz CT molecular complexity index is 863. The topological polar surface area (TPSA) is 55.8 Å². The second-order valence-electron chi connectivity index (χ2n) is 8.83. The van der Waals surface area contributed by atoms with E-state index in [0.29, 0.717) is 11.3 Å². The number of rotatable bonds is 5. The van der Waals surface area contributed by atoms with Crippen LogP contribution in [0.25, 0.3) is 6.08 Å². The predicted molar refractivity (Wildman–Crippen MR) is 113 cm³/mol. The fraction of sp³-hybridized carbons (Fsp3) is 0.375. The largest absolute Gasteiger partial charge is 0.508 e. The molecule has 0 amide bonds. The Morgan fingerprint density at radius 1 is 0.893 bits per heavy atom. The van der Waals surface area contributed by atoms with Gasteiger partial charge in [-0.2, -0.15) is 0 Å². The van der Waals surface area contributed by atoms with Crippen molar-refractivity contribution in [3.05, 3.63) is 59.2 Å². The Kier molecular flexibility index (Phi) is 6.23. The van der Waals surface area contributed by atoms with Gasteiger partial charge in [0, 0.05) is 17.2 Å². The molecule has 0 heterocycles. The summed E-state index contributed by atoms with van der Waals surface area (Å²) in [5, 5.41) is 9.37. The maximum atomic E-state index is 12.4. The molecule has 2 rings (SSSR count). The fourth-order valence-corrected chi connectivity index (χ4v) is 2.57. The predicted octanol–water partition coefficient (Wildman–Crippen LogP) is 5.95. The van der Waals surface area contributed by atoms with Crippen molar-refractivity contribution in [3.8, 4) is 17.2 Å². The summed E-state index contributed by atoms with van der Waals surface area (Å²) in [6.45, 7) is 13.9. The molecule has 0 atom stereocenters. The second kappa shape index (κ2) is 8.09. The summed E-state index contributed by atoms with van der Waals surface area (Å²) in [4.78, 5) is 12.4. The number of phenols is 1. The summed E-state index contributed by atoms with van der Waals surface area (Å²) in [6.07, 6.45) is 3.27. The molecule has 150 valence electrons. The van der Waals surface area contributed by atoms with Crippen LogP contribution in [0.1, 0.15) is 63.0 Å². The van der Waals surface area contributed by atoms with Crippen LogP contribution < -0.4 is 9.47 Å². The third kappa shape index (κ3) is 6.45. The molecule has 0 saturated heterocycles. The first-order valence-corrected chi connectivity index (χ1v) is 9.38. The summed E-state index contributed by atoms with van der Waals surface area (Å²) >= 11 is 0. The number of allylic oxidation sites excluding steroid dienone is 1. The van der Waals surface area contributed by atoms with Crippen molar-refractivity contribution in [1.29, 1.82) is 0 Å². The van der Waals surface area contributed by atoms with Crippen molar-refractivity contribution in [2.45, 2.75) is 59.7 Å². The molecule has 1 N–H and O–H groups in total. The smallest absolute Gasteiger partial charge is 0.185 e. The first-order valence-electron chi connectivity index (χ1n) is 9.38. The lowest BCUT2D eigenvalue weighted by Crippen LogP contribution is -2.25. The van der Waals surface area contributed by atoms with Crippen LogP contribution in [-0.2, 0) is 0 Å². The van der Waals surface area contributed by atoms with Crippen molar-refractivity contribution in [2.75, 3.05) is 0 Å². The highest BCUT2D eigenvalue weighted by molar-refractivity contribution is 6.07. The molecular formula is C24H30O4. The van der Waals surface area contributed by atoms with Crippen molar-refractivity contribution in [2.24, 2.45) is 0 Å². The van der Waals surface area contributed by atoms with Crippen molar-refractivity contribution < 1.29 is 19.4 Å². The Morgan fingerprint density at radius 2 is 1.43 bits per heavy atom. The number of ether oxygens (including phenoxy) is 2. The van der Waals surface area contributed by atoms with Gasteiger partial charge >= 0.3 is 0 Å². The van der Waals surface area contributed by atoms with E-state index in [1.54, 1.807) is 18.2 Å². The molecule has 0 aliphatic rings. The molecule has 0 bridgehead atoms. The maximum absolute atomic E-state index is 12.4. The first kappa shape index (κ1) is 21.5. The van der Waals surface area contributed by atoms with Gasteiger partial charge in [0.05, 0.1) is 0 Å². The zero-order chi connectivity index (χ0) is 21.1. The molecule has 0 saturated carbocycles. The number of aryl methyl sites for hydroxylation is 1. The number of ketones is 1. The fourth-order valence-electron chi connectivity index (χ4n) is 2.57. The van der Waals surface area contributed by atoms with Crippen LogP contribution in [0.4, 0.5) is 0 Å². The highest BCUT2D eigenvalue weighted by Crippen LogP contribution is 2.34.